The topological polar surface area (TPSA) is 55.8 Å². The molecule has 2 aliphatic heterocycles. The van der Waals surface area contributed by atoms with E-state index in [1.54, 1.807) is 0 Å². The molecular formula is C11H16NO4P. The summed E-state index contributed by atoms with van der Waals surface area (Å²) < 4.78 is 11.6. The van der Waals surface area contributed by atoms with Crippen molar-refractivity contribution in [2.45, 2.75) is 50.1 Å². The number of amides is 2. The lowest BCUT2D eigenvalue weighted by Crippen LogP contribution is -2.40. The van der Waals surface area contributed by atoms with Crippen molar-refractivity contribution >= 4 is 21.1 Å². The summed E-state index contributed by atoms with van der Waals surface area (Å²) in [7, 11) is 2.38. The zero-order chi connectivity index (χ0) is 12.0. The second kappa shape index (κ2) is 4.01. The van der Waals surface area contributed by atoms with Crippen LogP contribution in [0.5, 0.6) is 0 Å². The second-order valence-corrected chi connectivity index (χ2v) is 5.20. The predicted molar refractivity (Wildman–Crippen MR) is 62.0 cm³/mol. The summed E-state index contributed by atoms with van der Waals surface area (Å²) in [5.41, 5.74) is 0. The molecule has 94 valence electrons. The molecule has 3 fully saturated rings. The third kappa shape index (κ3) is 1.64. The Labute approximate surface area is 102 Å². The highest BCUT2D eigenvalue weighted by atomic mass is 31.0. The molecule has 0 bridgehead atoms. The van der Waals surface area contributed by atoms with E-state index < -0.39 is 18.0 Å². The van der Waals surface area contributed by atoms with E-state index in [1.165, 1.54) is 11.3 Å². The maximum atomic E-state index is 11.9. The van der Waals surface area contributed by atoms with Gasteiger partial charge in [-0.05, 0) is 12.8 Å². The predicted octanol–water partition coefficient (Wildman–Crippen LogP) is 0.632. The minimum atomic E-state index is -0.707. The number of hydrogen-bond donors (Lipinski definition) is 0. The molecule has 0 aromatic rings. The van der Waals surface area contributed by atoms with Gasteiger partial charge in [-0.25, -0.2) is 0 Å². The molecule has 6 heteroatoms. The average molecular weight is 257 g/mol. The number of likely N-dealkylation sites (tertiary alicyclic amines) is 1. The van der Waals surface area contributed by atoms with Crippen molar-refractivity contribution in [2.24, 2.45) is 0 Å². The fourth-order valence-corrected chi connectivity index (χ4v) is 3.26. The first-order valence-corrected chi connectivity index (χ1v) is 6.89. The van der Waals surface area contributed by atoms with Crippen molar-refractivity contribution in [2.75, 3.05) is 6.29 Å². The van der Waals surface area contributed by atoms with E-state index in [-0.39, 0.29) is 11.8 Å². The molecule has 1 spiro atoms. The van der Waals surface area contributed by atoms with Gasteiger partial charge in [0.15, 0.2) is 18.0 Å². The maximum absolute atomic E-state index is 11.9. The monoisotopic (exact) mass is 257 g/mol. The third-order valence-electron chi connectivity index (χ3n) is 3.78. The van der Waals surface area contributed by atoms with Crippen LogP contribution >= 0.6 is 9.24 Å². The van der Waals surface area contributed by atoms with Crippen LogP contribution in [0, 0.1) is 0 Å². The number of imide groups is 1. The molecule has 0 aromatic heterocycles. The molecule has 1 unspecified atom stereocenters. The second-order valence-electron chi connectivity index (χ2n) is 4.84. The fraction of sp³-hybridized carbons (Fsp3) is 0.818. The average Bonchev–Trinajstić information content (AvgIpc) is 2.78. The molecule has 2 heterocycles. The first-order valence-electron chi connectivity index (χ1n) is 6.08. The van der Waals surface area contributed by atoms with E-state index >= 15 is 0 Å². The molecule has 2 saturated heterocycles. The highest BCUT2D eigenvalue weighted by Gasteiger charge is 2.60. The molecule has 3 rings (SSSR count). The Kier molecular flexibility index (Phi) is 2.73. The standard InChI is InChI=1S/C11H16NO4P/c13-9-7-8(10(14)12(9)6-17)16-11(15-7)4-2-1-3-5-11/h7-8H,1-6,17H2/t7-,8+. The largest absolute Gasteiger partial charge is 0.333 e. The number of hydrogen-bond acceptors (Lipinski definition) is 4. The number of rotatable bonds is 1. The molecule has 0 radical (unpaired) electrons. The van der Waals surface area contributed by atoms with Gasteiger partial charge in [-0.2, -0.15) is 0 Å². The van der Waals surface area contributed by atoms with E-state index in [0.29, 0.717) is 6.29 Å². The molecule has 5 nitrogen and oxygen atoms in total. The molecule has 0 aromatic carbocycles. The van der Waals surface area contributed by atoms with Crippen molar-refractivity contribution in [3.8, 4) is 0 Å². The van der Waals surface area contributed by atoms with Crippen molar-refractivity contribution in [1.82, 2.24) is 4.90 Å². The van der Waals surface area contributed by atoms with Gasteiger partial charge in [0.25, 0.3) is 11.8 Å². The number of carbonyl (C=O) groups excluding carboxylic acids is 2. The van der Waals surface area contributed by atoms with E-state index in [1.807, 2.05) is 0 Å². The zero-order valence-corrected chi connectivity index (χ0v) is 10.7. The van der Waals surface area contributed by atoms with Gasteiger partial charge in [0, 0.05) is 19.1 Å². The van der Waals surface area contributed by atoms with Crippen LogP contribution < -0.4 is 0 Å². The van der Waals surface area contributed by atoms with Gasteiger partial charge in [0.2, 0.25) is 0 Å². The van der Waals surface area contributed by atoms with Crippen LogP contribution in [0.4, 0.5) is 0 Å². The Hall–Kier alpha value is -0.510. The summed E-state index contributed by atoms with van der Waals surface area (Å²) in [5, 5.41) is 0. The summed E-state index contributed by atoms with van der Waals surface area (Å²) in [5.74, 6) is -1.17. The van der Waals surface area contributed by atoms with Gasteiger partial charge < -0.3 is 9.47 Å². The van der Waals surface area contributed by atoms with Gasteiger partial charge >= 0.3 is 0 Å². The molecule has 3 aliphatic rings. The summed E-state index contributed by atoms with van der Waals surface area (Å²) in [4.78, 5) is 25.1. The van der Waals surface area contributed by atoms with Gasteiger partial charge in [-0.1, -0.05) is 6.42 Å². The van der Waals surface area contributed by atoms with Crippen LogP contribution in [0.1, 0.15) is 32.1 Å². The van der Waals surface area contributed by atoms with Gasteiger partial charge in [-0.3, -0.25) is 14.5 Å². The zero-order valence-electron chi connectivity index (χ0n) is 9.55. The molecule has 1 aliphatic carbocycles. The van der Waals surface area contributed by atoms with Crippen molar-refractivity contribution < 1.29 is 19.1 Å². The fourth-order valence-electron chi connectivity index (χ4n) is 2.90. The molecule has 3 atom stereocenters. The normalized spacial score (nSPS) is 35.7. The quantitative estimate of drug-likeness (QED) is 0.511. The van der Waals surface area contributed by atoms with E-state index in [4.69, 9.17) is 9.47 Å². The highest BCUT2D eigenvalue weighted by molar-refractivity contribution is 7.16. The van der Waals surface area contributed by atoms with Crippen LogP contribution in [-0.4, -0.2) is 41.0 Å². The van der Waals surface area contributed by atoms with Crippen molar-refractivity contribution in [1.29, 1.82) is 0 Å². The molecular weight excluding hydrogens is 241 g/mol. The third-order valence-corrected chi connectivity index (χ3v) is 4.14. The summed E-state index contributed by atoms with van der Waals surface area (Å²) in [6.45, 7) is 0. The Morgan fingerprint density at radius 3 is 2.12 bits per heavy atom. The first kappa shape index (κ1) is 11.6. The van der Waals surface area contributed by atoms with Crippen LogP contribution in [0.25, 0.3) is 0 Å². The van der Waals surface area contributed by atoms with E-state index in [2.05, 4.69) is 9.24 Å². The van der Waals surface area contributed by atoms with E-state index in [0.717, 1.165) is 25.7 Å². The number of ether oxygens (including phenoxy) is 2. The lowest BCUT2D eigenvalue weighted by molar-refractivity contribution is -0.204. The maximum Gasteiger partial charge on any atom is 0.262 e. The number of carbonyl (C=O) groups is 2. The smallest absolute Gasteiger partial charge is 0.262 e. The number of nitrogens with zero attached hydrogens (tertiary/aromatic N) is 1. The Bertz CT molecular complexity index is 340. The van der Waals surface area contributed by atoms with Gasteiger partial charge in [-0.15, -0.1) is 9.24 Å². The minimum absolute atomic E-state index is 0.252. The van der Waals surface area contributed by atoms with Crippen LogP contribution in [0.3, 0.4) is 0 Å². The van der Waals surface area contributed by atoms with Crippen molar-refractivity contribution in [3.63, 3.8) is 0 Å². The molecule has 1 saturated carbocycles. The summed E-state index contributed by atoms with van der Waals surface area (Å²) >= 11 is 0. The Balaban J connectivity index is 1.81. The lowest BCUT2D eigenvalue weighted by Gasteiger charge is -2.32. The lowest BCUT2D eigenvalue weighted by atomic mass is 9.94. The van der Waals surface area contributed by atoms with Crippen LogP contribution in [0.2, 0.25) is 0 Å². The molecule has 0 N–H and O–H groups in total. The van der Waals surface area contributed by atoms with Gasteiger partial charge in [0.1, 0.15) is 0 Å². The minimum Gasteiger partial charge on any atom is -0.333 e. The van der Waals surface area contributed by atoms with Crippen LogP contribution in [0.15, 0.2) is 0 Å². The molecule has 17 heavy (non-hydrogen) atoms. The number of fused-ring (bicyclic) bond motifs is 1. The summed E-state index contributed by atoms with van der Waals surface area (Å²) in [6, 6.07) is 0. The first-order chi connectivity index (χ1) is 8.17. The van der Waals surface area contributed by atoms with Crippen molar-refractivity contribution in [3.05, 3.63) is 0 Å². The Morgan fingerprint density at radius 2 is 1.65 bits per heavy atom. The Morgan fingerprint density at radius 1 is 1.12 bits per heavy atom. The summed E-state index contributed by atoms with van der Waals surface area (Å²) in [6.07, 6.45) is 3.73. The van der Waals surface area contributed by atoms with E-state index in [9.17, 15) is 9.59 Å². The highest BCUT2D eigenvalue weighted by Crippen LogP contribution is 2.43. The molecule has 2 amide bonds. The van der Waals surface area contributed by atoms with Crippen LogP contribution in [-0.2, 0) is 19.1 Å². The van der Waals surface area contributed by atoms with Gasteiger partial charge in [0.05, 0.1) is 0 Å². The SMILES string of the molecule is O=C1[C@H]2OC3(CCCCC3)O[C@H]2C(=O)N1CP.